The maximum atomic E-state index is 15.4. The van der Waals surface area contributed by atoms with Gasteiger partial charge in [-0.15, -0.1) is 24.9 Å². The quantitative estimate of drug-likeness (QED) is 0.202. The predicted octanol–water partition coefficient (Wildman–Crippen LogP) is 6.92. The fourth-order valence-corrected chi connectivity index (χ4v) is 11.7. The molecule has 9 heteroatoms. The van der Waals surface area contributed by atoms with E-state index >= 15 is 9.59 Å². The summed E-state index contributed by atoms with van der Waals surface area (Å²) in [6, 6.07) is 15.7. The first-order chi connectivity index (χ1) is 24.1. The number of benzene rings is 2. The van der Waals surface area contributed by atoms with Gasteiger partial charge in [0.05, 0.1) is 35.8 Å². The van der Waals surface area contributed by atoms with E-state index in [0.717, 1.165) is 12.0 Å². The molecule has 3 saturated heterocycles. The highest BCUT2D eigenvalue weighted by molar-refractivity contribution is 8.02. The van der Waals surface area contributed by atoms with Crippen molar-refractivity contribution < 1.29 is 24.2 Å². The second-order valence-corrected chi connectivity index (χ2v) is 18.3. The molecule has 276 valence electrons. The second kappa shape index (κ2) is 14.8. The summed E-state index contributed by atoms with van der Waals surface area (Å²) in [4.78, 5) is 50.9. The Hall–Kier alpha value is -3.56. The maximum absolute atomic E-state index is 15.4. The van der Waals surface area contributed by atoms with Gasteiger partial charge in [0.2, 0.25) is 17.7 Å². The zero-order valence-corrected chi connectivity index (χ0v) is 32.4. The number of aliphatic hydroxyl groups is 1. The molecule has 6 atom stereocenters. The largest absolute Gasteiger partial charge is 0.494 e. The summed E-state index contributed by atoms with van der Waals surface area (Å²) in [5.41, 5.74) is 1.03. The topological polar surface area (TPSA) is 90.4 Å². The molecule has 2 aromatic carbocycles. The Balaban J connectivity index is 1.63. The van der Waals surface area contributed by atoms with Crippen molar-refractivity contribution in [2.45, 2.75) is 101 Å². The van der Waals surface area contributed by atoms with E-state index in [0.29, 0.717) is 43.9 Å². The summed E-state index contributed by atoms with van der Waals surface area (Å²) in [5, 5.41) is 11.0. The summed E-state index contributed by atoms with van der Waals surface area (Å²) < 4.78 is 4.25. The van der Waals surface area contributed by atoms with E-state index in [4.69, 9.17) is 4.74 Å². The number of likely N-dealkylation sites (tertiary alicyclic amines) is 1. The zero-order chi connectivity index (χ0) is 37.4. The lowest BCUT2D eigenvalue weighted by Crippen LogP contribution is -2.62. The molecule has 3 aliphatic rings. The van der Waals surface area contributed by atoms with Gasteiger partial charge in [0.15, 0.2) is 0 Å². The van der Waals surface area contributed by atoms with Gasteiger partial charge in [0, 0.05) is 29.1 Å². The van der Waals surface area contributed by atoms with Gasteiger partial charge in [-0.3, -0.25) is 14.4 Å². The molecule has 0 aromatic heterocycles. The van der Waals surface area contributed by atoms with E-state index in [1.807, 2.05) is 66.4 Å². The standard InChI is InChI=1S/C42H57N3O5S/c1-10-24-43(30-18-20-32(21-19-30)50-12-3)36(47)33-34-37(48)45(31(27-46)26-29-16-14-13-15-17-29)35(42(34)23-22-41(33,9)51-42)38(49)44(25-11-2)40(7,8)28-39(4,5)6/h10-11,13-21,31,33-35,46H,1-2,12,22-28H2,3-9H3/t31-,33-,34+,35?,41+,42?/m1/s1. The Morgan fingerprint density at radius 2 is 1.67 bits per heavy atom. The Bertz CT molecular complexity index is 1600. The van der Waals surface area contributed by atoms with Crippen LogP contribution in [0.15, 0.2) is 79.9 Å². The number of thioether (sulfide) groups is 1. The van der Waals surface area contributed by atoms with E-state index in [1.54, 1.807) is 33.7 Å². The van der Waals surface area contributed by atoms with Gasteiger partial charge in [-0.1, -0.05) is 63.3 Å². The van der Waals surface area contributed by atoms with Crippen molar-refractivity contribution in [1.29, 1.82) is 0 Å². The number of fused-ring (bicyclic) bond motifs is 1. The summed E-state index contributed by atoms with van der Waals surface area (Å²) in [5.74, 6) is -1.23. The van der Waals surface area contributed by atoms with Crippen LogP contribution in [-0.2, 0) is 20.8 Å². The molecule has 3 fully saturated rings. The van der Waals surface area contributed by atoms with Crippen molar-refractivity contribution in [3.05, 3.63) is 85.5 Å². The van der Waals surface area contributed by atoms with Gasteiger partial charge in [0.1, 0.15) is 11.8 Å². The van der Waals surface area contributed by atoms with Crippen molar-refractivity contribution in [1.82, 2.24) is 9.80 Å². The number of carbonyl (C=O) groups excluding carboxylic acids is 3. The number of aliphatic hydroxyl groups excluding tert-OH is 1. The number of nitrogens with zero attached hydrogens (tertiary/aromatic N) is 3. The molecule has 1 spiro atoms. The lowest BCUT2D eigenvalue weighted by molar-refractivity contribution is -0.149. The third kappa shape index (κ3) is 7.25. The van der Waals surface area contributed by atoms with Crippen LogP contribution in [0.2, 0.25) is 0 Å². The Morgan fingerprint density at radius 1 is 1.02 bits per heavy atom. The lowest BCUT2D eigenvalue weighted by Gasteiger charge is -2.46. The zero-order valence-electron chi connectivity index (χ0n) is 31.6. The van der Waals surface area contributed by atoms with E-state index in [1.165, 1.54) is 0 Å². The molecule has 8 nitrogen and oxygen atoms in total. The van der Waals surface area contributed by atoms with Crippen molar-refractivity contribution >= 4 is 35.2 Å². The molecular formula is C42H57N3O5S. The van der Waals surface area contributed by atoms with Crippen molar-refractivity contribution in [3.63, 3.8) is 0 Å². The van der Waals surface area contributed by atoms with Crippen molar-refractivity contribution in [2.75, 3.05) is 31.2 Å². The molecule has 3 amide bonds. The highest BCUT2D eigenvalue weighted by Gasteiger charge is 2.78. The van der Waals surface area contributed by atoms with Crippen LogP contribution >= 0.6 is 11.8 Å². The van der Waals surface area contributed by atoms with Crippen LogP contribution < -0.4 is 9.64 Å². The van der Waals surface area contributed by atoms with Gasteiger partial charge in [0.25, 0.3) is 0 Å². The van der Waals surface area contributed by atoms with Crippen molar-refractivity contribution in [3.8, 4) is 5.75 Å². The van der Waals surface area contributed by atoms with E-state index in [2.05, 4.69) is 54.7 Å². The minimum absolute atomic E-state index is 0.0722. The summed E-state index contributed by atoms with van der Waals surface area (Å²) >= 11 is 1.65. The Labute approximate surface area is 309 Å². The number of rotatable bonds is 15. The molecule has 51 heavy (non-hydrogen) atoms. The molecular weight excluding hydrogens is 659 g/mol. The van der Waals surface area contributed by atoms with Gasteiger partial charge in [-0.05, 0) is 88.6 Å². The van der Waals surface area contributed by atoms with E-state index in [9.17, 15) is 9.90 Å². The normalized spacial score (nSPS) is 26.1. The monoisotopic (exact) mass is 715 g/mol. The minimum atomic E-state index is -0.863. The summed E-state index contributed by atoms with van der Waals surface area (Å²) in [6.45, 7) is 23.5. The van der Waals surface area contributed by atoms with Gasteiger partial charge >= 0.3 is 0 Å². The first-order valence-corrected chi connectivity index (χ1v) is 19.1. The van der Waals surface area contributed by atoms with Crippen LogP contribution in [0.4, 0.5) is 5.69 Å². The van der Waals surface area contributed by atoms with Crippen LogP contribution in [0, 0.1) is 17.3 Å². The molecule has 2 unspecified atom stereocenters. The first-order valence-electron chi connectivity index (χ1n) is 18.3. The third-order valence-electron chi connectivity index (χ3n) is 10.9. The van der Waals surface area contributed by atoms with Crippen molar-refractivity contribution in [2.24, 2.45) is 17.3 Å². The predicted molar refractivity (Wildman–Crippen MR) is 207 cm³/mol. The number of carbonyl (C=O) groups is 3. The van der Waals surface area contributed by atoms with Gasteiger partial charge in [-0.2, -0.15) is 0 Å². The molecule has 2 bridgehead atoms. The van der Waals surface area contributed by atoms with Crippen LogP contribution in [0.3, 0.4) is 0 Å². The van der Waals surface area contributed by atoms with E-state index < -0.39 is 39.0 Å². The van der Waals surface area contributed by atoms with E-state index in [-0.39, 0.29) is 36.3 Å². The average Bonchev–Trinajstić information content (AvgIpc) is 3.65. The molecule has 1 N–H and O–H groups in total. The SMILES string of the molecule is C=CCN(C(=O)[C@H]1[C@H]2C(=O)N([C@@H](CO)Cc3ccccc3)C(C(=O)N(CC=C)C(C)(C)CC(C)(C)C)C23CC[C@]1(C)S3)c1ccc(OCC)cc1. The number of anilines is 1. The van der Waals surface area contributed by atoms with Crippen LogP contribution in [0.25, 0.3) is 0 Å². The molecule has 0 radical (unpaired) electrons. The fraction of sp³-hybridized carbons (Fsp3) is 0.548. The highest BCUT2D eigenvalue weighted by Crippen LogP contribution is 2.72. The fourth-order valence-electron chi connectivity index (χ4n) is 9.36. The third-order valence-corrected chi connectivity index (χ3v) is 12.9. The lowest BCUT2D eigenvalue weighted by atomic mass is 9.66. The van der Waals surface area contributed by atoms with Crippen LogP contribution in [-0.4, -0.2) is 86.0 Å². The minimum Gasteiger partial charge on any atom is -0.494 e. The summed E-state index contributed by atoms with van der Waals surface area (Å²) in [7, 11) is 0. The number of hydrogen-bond donors (Lipinski definition) is 1. The highest BCUT2D eigenvalue weighted by atomic mass is 32.2. The van der Waals surface area contributed by atoms with Gasteiger partial charge in [-0.25, -0.2) is 0 Å². The Kier molecular flexibility index (Phi) is 11.2. The van der Waals surface area contributed by atoms with Crippen LogP contribution in [0.1, 0.15) is 73.3 Å². The molecule has 3 heterocycles. The second-order valence-electron chi connectivity index (χ2n) is 16.5. The van der Waals surface area contributed by atoms with Gasteiger partial charge < -0.3 is 24.5 Å². The molecule has 2 aromatic rings. The molecule has 5 rings (SSSR count). The number of ether oxygens (including phenoxy) is 1. The average molecular weight is 716 g/mol. The Morgan fingerprint density at radius 3 is 2.24 bits per heavy atom. The number of hydrogen-bond acceptors (Lipinski definition) is 6. The smallest absolute Gasteiger partial charge is 0.247 e. The molecule has 0 aliphatic carbocycles. The van der Waals surface area contributed by atoms with Crippen LogP contribution in [0.5, 0.6) is 5.75 Å². The molecule has 0 saturated carbocycles. The molecule has 3 aliphatic heterocycles. The number of amides is 3. The first kappa shape index (κ1) is 38.7. The summed E-state index contributed by atoms with van der Waals surface area (Å²) in [6.07, 6.45) is 5.89. The maximum Gasteiger partial charge on any atom is 0.247 e.